The number of hydrogen-bond donors (Lipinski definition) is 1. The SMILES string of the molecule is CC12SS1(O)(=S)S2. The van der Waals surface area contributed by atoms with Gasteiger partial charge in [-0.15, -0.1) is 0 Å². The Hall–Kier alpha value is 1.23. The zero-order chi connectivity index (χ0) is 5.36. The second-order valence-electron chi connectivity index (χ2n) is 1.80. The van der Waals surface area contributed by atoms with E-state index in [0.717, 1.165) is 0 Å². The highest BCUT2D eigenvalue weighted by Gasteiger charge is 2.87. The van der Waals surface area contributed by atoms with Gasteiger partial charge in [0.05, 0.1) is 0 Å². The molecule has 2 aliphatic rings. The van der Waals surface area contributed by atoms with Crippen molar-refractivity contribution in [1.82, 2.24) is 0 Å². The Bertz CT molecular complexity index is 196. The topological polar surface area (TPSA) is 20.2 Å². The van der Waals surface area contributed by atoms with E-state index in [-0.39, 0.29) is 3.41 Å². The summed E-state index contributed by atoms with van der Waals surface area (Å²) in [6, 6.07) is -2.14. The number of rotatable bonds is 0. The summed E-state index contributed by atoms with van der Waals surface area (Å²) in [7, 11) is 3.14. The van der Waals surface area contributed by atoms with Gasteiger partial charge in [-0.1, -0.05) is 0 Å². The Labute approximate surface area is 53.8 Å². The van der Waals surface area contributed by atoms with E-state index in [1.807, 2.05) is 6.92 Å². The van der Waals surface area contributed by atoms with E-state index in [2.05, 4.69) is 0 Å². The molecular weight excluding hydrogens is 168 g/mol. The van der Waals surface area contributed by atoms with E-state index in [4.69, 9.17) is 11.2 Å². The molecule has 0 aromatic heterocycles. The lowest BCUT2D eigenvalue weighted by atomic mass is 10.9. The monoisotopic (exact) mass is 172 g/mol. The molecule has 0 aromatic carbocycles. The molecule has 2 aliphatic heterocycles. The van der Waals surface area contributed by atoms with Gasteiger partial charge < -0.3 is 4.55 Å². The van der Waals surface area contributed by atoms with E-state index >= 15 is 0 Å². The maximum absolute atomic E-state index is 9.28. The molecule has 2 saturated heterocycles. The Morgan fingerprint density at radius 2 is 1.86 bits per heavy atom. The van der Waals surface area contributed by atoms with Gasteiger partial charge in [0, 0.05) is 6.07 Å². The van der Waals surface area contributed by atoms with Crippen LogP contribution in [0.3, 0.4) is 0 Å². The average Bonchev–Trinajstić information content (AvgIpc) is 1.73. The molecule has 1 nitrogen and oxygen atoms in total. The zero-order valence-electron chi connectivity index (χ0n) is 3.58. The molecular formula is C2H4OS4. The molecule has 0 saturated carbocycles. The first-order valence-electron chi connectivity index (χ1n) is 1.79. The molecule has 1 N–H and O–H groups in total. The van der Waals surface area contributed by atoms with Crippen LogP contribution in [0.4, 0.5) is 0 Å². The van der Waals surface area contributed by atoms with Crippen LogP contribution in [0.5, 0.6) is 0 Å². The first kappa shape index (κ1) is 5.05. The van der Waals surface area contributed by atoms with Gasteiger partial charge in [-0.25, -0.2) is 0 Å². The van der Waals surface area contributed by atoms with Crippen LogP contribution in [0.1, 0.15) is 6.92 Å². The lowest BCUT2D eigenvalue weighted by Gasteiger charge is -1.94. The first-order valence-corrected chi connectivity index (χ1v) is 7.38. The fourth-order valence-electron chi connectivity index (χ4n) is 0.506. The van der Waals surface area contributed by atoms with Gasteiger partial charge in [0.2, 0.25) is 0 Å². The Morgan fingerprint density at radius 3 is 1.86 bits per heavy atom. The normalized spacial score (nSPS) is 64.0. The van der Waals surface area contributed by atoms with Crippen LogP contribution in [0, 0.1) is 0 Å². The summed E-state index contributed by atoms with van der Waals surface area (Å²) < 4.78 is 9.38. The maximum atomic E-state index is 9.28. The van der Waals surface area contributed by atoms with Crippen molar-refractivity contribution < 1.29 is 4.55 Å². The van der Waals surface area contributed by atoms with Crippen molar-refractivity contribution in [2.24, 2.45) is 0 Å². The standard InChI is InChI=1S/C2H4OS4/c1-2-5-7(2,3,4)6-2/h1H3,(H,3,4). The molecule has 0 unspecified atom stereocenters. The Morgan fingerprint density at radius 1 is 1.71 bits per heavy atom. The summed E-state index contributed by atoms with van der Waals surface area (Å²) in [5.41, 5.74) is 0. The van der Waals surface area contributed by atoms with Crippen LogP contribution in [-0.4, -0.2) is 7.96 Å². The van der Waals surface area contributed by atoms with Gasteiger partial charge >= 0.3 is 0 Å². The van der Waals surface area contributed by atoms with Crippen LogP contribution in [0.25, 0.3) is 0 Å². The minimum absolute atomic E-state index is 0.104. The predicted molar refractivity (Wildman–Crippen MR) is 40.9 cm³/mol. The van der Waals surface area contributed by atoms with Gasteiger partial charge in [0.1, 0.15) is 0 Å². The van der Waals surface area contributed by atoms with Crippen LogP contribution in [0.15, 0.2) is 0 Å². The van der Waals surface area contributed by atoms with E-state index in [9.17, 15) is 4.55 Å². The second kappa shape index (κ2) is 0.759. The van der Waals surface area contributed by atoms with Gasteiger partial charge in [-0.2, -0.15) is 0 Å². The van der Waals surface area contributed by atoms with Crippen LogP contribution >= 0.6 is 21.6 Å². The number of fused-ring (bicyclic) bond motifs is 1. The summed E-state index contributed by atoms with van der Waals surface area (Å²) in [6.45, 7) is 2.01. The van der Waals surface area contributed by atoms with Gasteiger partial charge in [0.15, 0.2) is 3.41 Å². The van der Waals surface area contributed by atoms with Crippen LogP contribution in [0.2, 0.25) is 0 Å². The minimum Gasteiger partial charge on any atom is -0.328 e. The summed E-state index contributed by atoms with van der Waals surface area (Å²) in [4.78, 5) is 0. The molecule has 2 rings (SSSR count). The van der Waals surface area contributed by atoms with Crippen molar-refractivity contribution in [3.8, 4) is 0 Å². The molecule has 0 atom stereocenters. The Balaban J connectivity index is 2.62. The molecule has 7 heavy (non-hydrogen) atoms. The Kier molecular flexibility index (Phi) is 0.547. The van der Waals surface area contributed by atoms with Crippen molar-refractivity contribution >= 4 is 38.8 Å². The van der Waals surface area contributed by atoms with Crippen molar-refractivity contribution in [2.45, 2.75) is 10.3 Å². The molecule has 42 valence electrons. The highest BCUT2D eigenvalue weighted by molar-refractivity contribution is 9.51. The highest BCUT2D eigenvalue weighted by atomic mass is 33.8. The van der Waals surface area contributed by atoms with Crippen LogP contribution in [-0.2, 0) is 17.3 Å². The van der Waals surface area contributed by atoms with E-state index in [1.54, 1.807) is 21.6 Å². The smallest absolute Gasteiger partial charge is 0.152 e. The largest absolute Gasteiger partial charge is 0.328 e. The molecule has 2 heterocycles. The maximum Gasteiger partial charge on any atom is 0.152 e. The molecule has 0 aliphatic carbocycles. The van der Waals surface area contributed by atoms with Crippen molar-refractivity contribution in [3.63, 3.8) is 0 Å². The third-order valence-electron chi connectivity index (χ3n) is 1.16. The van der Waals surface area contributed by atoms with Gasteiger partial charge in [-0.3, -0.25) is 0 Å². The van der Waals surface area contributed by atoms with Crippen molar-refractivity contribution in [1.29, 1.82) is 0 Å². The highest BCUT2D eigenvalue weighted by Crippen LogP contribution is 3.01. The lowest BCUT2D eigenvalue weighted by Crippen LogP contribution is -1.84. The van der Waals surface area contributed by atoms with E-state index in [1.165, 1.54) is 0 Å². The van der Waals surface area contributed by atoms with Gasteiger partial charge in [-0.05, 0) is 39.7 Å². The van der Waals surface area contributed by atoms with E-state index in [0.29, 0.717) is 0 Å². The van der Waals surface area contributed by atoms with Crippen molar-refractivity contribution in [3.05, 3.63) is 0 Å². The fraction of sp³-hybridized carbons (Fsp3) is 1.00. The fourth-order valence-corrected chi connectivity index (χ4v) is 15.3. The summed E-state index contributed by atoms with van der Waals surface area (Å²) in [5.74, 6) is 0. The third kappa shape index (κ3) is 0.366. The second-order valence-corrected chi connectivity index (χ2v) is 15.6. The third-order valence-corrected chi connectivity index (χ3v) is 16.1. The van der Waals surface area contributed by atoms with Gasteiger partial charge in [0.25, 0.3) is 0 Å². The quantitative estimate of drug-likeness (QED) is 0.442. The lowest BCUT2D eigenvalue weighted by molar-refractivity contribution is 0.656. The average molecular weight is 172 g/mol. The molecule has 5 heteroatoms. The van der Waals surface area contributed by atoms with Crippen LogP contribution < -0.4 is 0 Å². The predicted octanol–water partition coefficient (Wildman–Crippen LogP) is 1.61. The van der Waals surface area contributed by atoms with E-state index < -0.39 is 6.07 Å². The summed E-state index contributed by atoms with van der Waals surface area (Å²) in [6.07, 6.45) is 0. The zero-order valence-corrected chi connectivity index (χ0v) is 6.85. The number of hydrogen-bond acceptors (Lipinski definition) is 3. The molecule has 0 radical (unpaired) electrons. The molecule has 0 spiro atoms. The minimum atomic E-state index is -2.14. The molecule has 0 bridgehead atoms. The molecule has 0 amide bonds. The summed E-state index contributed by atoms with van der Waals surface area (Å²) >= 11 is 4.92. The van der Waals surface area contributed by atoms with Crippen molar-refractivity contribution in [2.75, 3.05) is 0 Å². The molecule has 0 aromatic rings. The summed E-state index contributed by atoms with van der Waals surface area (Å²) in [5, 5.41) is 0. The first-order chi connectivity index (χ1) is 2.96. The molecule has 2 fully saturated rings.